The number of hydrogen-bond donors (Lipinski definition) is 3. The van der Waals surface area contributed by atoms with Gasteiger partial charge < -0.3 is 25.8 Å². The average molecular weight is 489 g/mol. The SMILES string of the molecule is CC1CC(C)[C@H](C(=O)Nc2ccnc(C(=O)NCCCOCCCN)c2)O1.Cc1cccc(F)c1. The van der Waals surface area contributed by atoms with E-state index in [-0.39, 0.29) is 35.3 Å². The molecule has 9 heteroatoms. The fourth-order valence-electron chi connectivity index (χ4n) is 3.61. The number of aromatic nitrogens is 1. The summed E-state index contributed by atoms with van der Waals surface area (Å²) in [6.07, 6.45) is 3.51. The molecule has 2 heterocycles. The van der Waals surface area contributed by atoms with E-state index in [0.29, 0.717) is 38.4 Å². The Morgan fingerprint density at radius 3 is 2.60 bits per heavy atom. The van der Waals surface area contributed by atoms with E-state index in [1.807, 2.05) is 26.8 Å². The lowest BCUT2D eigenvalue weighted by Gasteiger charge is -2.15. The molecule has 1 aliphatic rings. The van der Waals surface area contributed by atoms with Crippen LogP contribution in [0, 0.1) is 18.7 Å². The Labute approximate surface area is 206 Å². The zero-order valence-corrected chi connectivity index (χ0v) is 20.8. The summed E-state index contributed by atoms with van der Waals surface area (Å²) >= 11 is 0. The summed E-state index contributed by atoms with van der Waals surface area (Å²) in [4.78, 5) is 28.7. The van der Waals surface area contributed by atoms with E-state index in [2.05, 4.69) is 15.6 Å². The smallest absolute Gasteiger partial charge is 0.269 e. The second-order valence-electron chi connectivity index (χ2n) is 8.66. The van der Waals surface area contributed by atoms with Crippen LogP contribution in [0.3, 0.4) is 0 Å². The van der Waals surface area contributed by atoms with Crippen LogP contribution in [0.1, 0.15) is 49.2 Å². The van der Waals surface area contributed by atoms with Crippen molar-refractivity contribution < 1.29 is 23.5 Å². The number of hydrogen-bond acceptors (Lipinski definition) is 6. The third kappa shape index (κ3) is 10.5. The minimum Gasteiger partial charge on any atom is -0.381 e. The predicted molar refractivity (Wildman–Crippen MR) is 134 cm³/mol. The number of pyridine rings is 1. The Morgan fingerprint density at radius 2 is 1.97 bits per heavy atom. The zero-order valence-electron chi connectivity index (χ0n) is 20.8. The maximum absolute atomic E-state index is 12.4. The van der Waals surface area contributed by atoms with Crippen molar-refractivity contribution in [2.45, 2.75) is 52.2 Å². The van der Waals surface area contributed by atoms with Crippen molar-refractivity contribution in [1.82, 2.24) is 10.3 Å². The first-order chi connectivity index (χ1) is 16.8. The highest BCUT2D eigenvalue weighted by molar-refractivity contribution is 5.97. The summed E-state index contributed by atoms with van der Waals surface area (Å²) in [6, 6.07) is 9.72. The fraction of sp³-hybridized carbons (Fsp3) is 0.500. The Balaban J connectivity index is 0.000000456. The van der Waals surface area contributed by atoms with E-state index in [9.17, 15) is 14.0 Å². The number of nitrogens with zero attached hydrogens (tertiary/aromatic N) is 1. The lowest BCUT2D eigenvalue weighted by atomic mass is 10.0. The van der Waals surface area contributed by atoms with Gasteiger partial charge in [0.05, 0.1) is 6.10 Å². The first kappa shape index (κ1) is 28.4. The Bertz CT molecular complexity index is 926. The van der Waals surface area contributed by atoms with Crippen LogP contribution in [0.15, 0.2) is 42.6 Å². The van der Waals surface area contributed by atoms with Crippen molar-refractivity contribution in [3.05, 3.63) is 59.7 Å². The van der Waals surface area contributed by atoms with Gasteiger partial charge in [0, 0.05) is 31.6 Å². The van der Waals surface area contributed by atoms with Crippen molar-refractivity contribution in [3.8, 4) is 0 Å². The molecular formula is C26H37FN4O4. The van der Waals surface area contributed by atoms with Crippen LogP contribution < -0.4 is 16.4 Å². The molecule has 3 atom stereocenters. The number of amides is 2. The molecule has 0 bridgehead atoms. The number of carbonyl (C=O) groups excluding carboxylic acids is 2. The normalized spacial score (nSPS) is 18.9. The van der Waals surface area contributed by atoms with E-state index < -0.39 is 6.10 Å². The van der Waals surface area contributed by atoms with Gasteiger partial charge in [-0.3, -0.25) is 14.6 Å². The van der Waals surface area contributed by atoms with Crippen LogP contribution in [-0.2, 0) is 14.3 Å². The lowest BCUT2D eigenvalue weighted by Crippen LogP contribution is -2.32. The third-order valence-electron chi connectivity index (χ3n) is 5.34. The van der Waals surface area contributed by atoms with E-state index in [4.69, 9.17) is 15.2 Å². The second kappa shape index (κ2) is 15.2. The van der Waals surface area contributed by atoms with Gasteiger partial charge in [-0.25, -0.2) is 4.39 Å². The number of benzene rings is 1. The van der Waals surface area contributed by atoms with Crippen LogP contribution >= 0.6 is 0 Å². The molecule has 0 aliphatic carbocycles. The number of carbonyl (C=O) groups is 2. The summed E-state index contributed by atoms with van der Waals surface area (Å²) in [5, 5.41) is 5.61. The number of nitrogens with two attached hydrogens (primary N) is 1. The summed E-state index contributed by atoms with van der Waals surface area (Å²) in [6.45, 7) is 8.13. The van der Waals surface area contributed by atoms with Crippen molar-refractivity contribution in [1.29, 1.82) is 0 Å². The molecule has 1 saturated heterocycles. The molecule has 8 nitrogen and oxygen atoms in total. The summed E-state index contributed by atoms with van der Waals surface area (Å²) in [5.74, 6) is -0.479. The Hall–Kier alpha value is -2.88. The molecule has 1 aromatic heterocycles. The van der Waals surface area contributed by atoms with E-state index in [1.54, 1.807) is 18.2 Å². The minimum absolute atomic E-state index is 0.0776. The van der Waals surface area contributed by atoms with E-state index in [0.717, 1.165) is 18.4 Å². The molecule has 0 spiro atoms. The molecule has 2 aromatic rings. The van der Waals surface area contributed by atoms with Crippen molar-refractivity contribution >= 4 is 17.5 Å². The van der Waals surface area contributed by atoms with E-state index >= 15 is 0 Å². The summed E-state index contributed by atoms with van der Waals surface area (Å²) in [5.41, 5.74) is 7.13. The quantitative estimate of drug-likeness (QED) is 0.441. The van der Waals surface area contributed by atoms with Gasteiger partial charge in [0.15, 0.2) is 0 Å². The van der Waals surface area contributed by atoms with Gasteiger partial charge in [0.1, 0.15) is 17.6 Å². The summed E-state index contributed by atoms with van der Waals surface area (Å²) < 4.78 is 23.2. The number of rotatable bonds is 10. The van der Waals surface area contributed by atoms with Gasteiger partial charge in [0.2, 0.25) is 0 Å². The maximum Gasteiger partial charge on any atom is 0.269 e. The van der Waals surface area contributed by atoms with Gasteiger partial charge in [-0.15, -0.1) is 0 Å². The van der Waals surface area contributed by atoms with Crippen molar-refractivity contribution in [3.63, 3.8) is 0 Å². The average Bonchev–Trinajstić information content (AvgIpc) is 3.16. The highest BCUT2D eigenvalue weighted by Gasteiger charge is 2.35. The highest BCUT2D eigenvalue weighted by atomic mass is 19.1. The third-order valence-corrected chi connectivity index (χ3v) is 5.34. The second-order valence-corrected chi connectivity index (χ2v) is 8.66. The maximum atomic E-state index is 12.4. The molecule has 192 valence electrons. The molecule has 4 N–H and O–H groups in total. The number of aryl methyl sites for hydroxylation is 1. The molecule has 35 heavy (non-hydrogen) atoms. The van der Waals surface area contributed by atoms with E-state index in [1.165, 1.54) is 18.3 Å². The number of anilines is 1. The van der Waals surface area contributed by atoms with Crippen LogP contribution in [-0.4, -0.2) is 55.3 Å². The first-order valence-corrected chi connectivity index (χ1v) is 12.0. The molecule has 1 aliphatic heterocycles. The van der Waals surface area contributed by atoms with Gasteiger partial charge in [-0.1, -0.05) is 19.1 Å². The molecular weight excluding hydrogens is 451 g/mol. The van der Waals surface area contributed by atoms with Crippen LogP contribution in [0.5, 0.6) is 0 Å². The molecule has 0 saturated carbocycles. The van der Waals surface area contributed by atoms with Crippen molar-refractivity contribution in [2.24, 2.45) is 11.7 Å². The molecule has 3 rings (SSSR count). The topological polar surface area (TPSA) is 116 Å². The zero-order chi connectivity index (χ0) is 25.6. The van der Waals surface area contributed by atoms with Gasteiger partial charge in [0.25, 0.3) is 11.8 Å². The molecule has 2 amide bonds. The Morgan fingerprint density at radius 1 is 1.20 bits per heavy atom. The molecule has 2 unspecified atom stereocenters. The summed E-state index contributed by atoms with van der Waals surface area (Å²) in [7, 11) is 0. The van der Waals surface area contributed by atoms with Gasteiger partial charge in [-0.05, 0) is 75.4 Å². The standard InChI is InChI=1S/C19H30N4O4.C7H7F/c1-13-11-14(2)27-17(13)19(25)23-15-5-8-21-16(12-15)18(24)22-7-4-10-26-9-3-6-20;1-6-3-2-4-7(8)5-6/h5,8,12-14,17H,3-4,6-7,9-11,20H2,1-2H3,(H,22,24)(H,21,23,25);2-5H,1H3/t13?,14?,17-;/m1./s1. The lowest BCUT2D eigenvalue weighted by molar-refractivity contribution is -0.127. The van der Waals surface area contributed by atoms with Crippen molar-refractivity contribution in [2.75, 3.05) is 31.6 Å². The largest absolute Gasteiger partial charge is 0.381 e. The minimum atomic E-state index is -0.468. The number of ether oxygens (including phenoxy) is 2. The fourth-order valence-corrected chi connectivity index (χ4v) is 3.61. The molecule has 0 radical (unpaired) electrons. The number of nitrogens with one attached hydrogen (secondary N) is 2. The first-order valence-electron chi connectivity index (χ1n) is 12.0. The molecule has 1 fully saturated rings. The van der Waals surface area contributed by atoms with Gasteiger partial charge in [-0.2, -0.15) is 0 Å². The van der Waals surface area contributed by atoms with Crippen LogP contribution in [0.4, 0.5) is 10.1 Å². The monoisotopic (exact) mass is 488 g/mol. The van der Waals surface area contributed by atoms with Gasteiger partial charge >= 0.3 is 0 Å². The molecule has 1 aromatic carbocycles. The van der Waals surface area contributed by atoms with Crippen LogP contribution in [0.2, 0.25) is 0 Å². The predicted octanol–water partition coefficient (Wildman–Crippen LogP) is 3.45. The highest BCUT2D eigenvalue weighted by Crippen LogP contribution is 2.26. The van der Waals surface area contributed by atoms with Crippen LogP contribution in [0.25, 0.3) is 0 Å². The Kier molecular flexibility index (Phi) is 12.3. The number of halogens is 1.